The molecule has 0 saturated carbocycles. The van der Waals surface area contributed by atoms with E-state index in [0.717, 1.165) is 60.0 Å². The summed E-state index contributed by atoms with van der Waals surface area (Å²) in [4.78, 5) is 25.3. The van der Waals surface area contributed by atoms with Gasteiger partial charge in [-0.2, -0.15) is 5.10 Å². The lowest BCUT2D eigenvalue weighted by Crippen LogP contribution is -2.46. The van der Waals surface area contributed by atoms with E-state index in [-0.39, 0.29) is 5.78 Å². The molecule has 5 rings (SSSR count). The summed E-state index contributed by atoms with van der Waals surface area (Å²) in [5.74, 6) is 1.02. The molecule has 0 spiro atoms. The smallest absolute Gasteiger partial charge is 0.168 e. The maximum atomic E-state index is 11.5. The van der Waals surface area contributed by atoms with E-state index in [2.05, 4.69) is 56.9 Å². The topological polar surface area (TPSA) is 67.2 Å². The number of nitrogens with zero attached hydrogens (tertiary/aromatic N) is 6. The Labute approximate surface area is 187 Å². The van der Waals surface area contributed by atoms with Gasteiger partial charge in [0.25, 0.3) is 0 Å². The molecule has 1 fully saturated rings. The summed E-state index contributed by atoms with van der Waals surface area (Å²) in [5.41, 5.74) is 6.14. The number of ketones is 1. The summed E-state index contributed by atoms with van der Waals surface area (Å²) in [6.07, 6.45) is 3.50. The van der Waals surface area contributed by atoms with E-state index >= 15 is 0 Å². The normalized spacial score (nSPS) is 14.2. The third kappa shape index (κ3) is 3.60. The summed E-state index contributed by atoms with van der Waals surface area (Å²) < 4.78 is 1.90. The van der Waals surface area contributed by atoms with Gasteiger partial charge >= 0.3 is 0 Å². The number of Topliss-reactive ketones (excluding diaryl/α,β-unsaturated/α-hetero) is 1. The second kappa shape index (κ2) is 8.07. The zero-order valence-electron chi connectivity index (χ0n) is 18.6. The third-order valence-corrected chi connectivity index (χ3v) is 6.14. The summed E-state index contributed by atoms with van der Waals surface area (Å²) in [5, 5.41) is 5.61. The predicted molar refractivity (Wildman–Crippen MR) is 127 cm³/mol. The molecule has 162 valence electrons. The Morgan fingerprint density at radius 1 is 0.906 bits per heavy atom. The summed E-state index contributed by atoms with van der Waals surface area (Å²) in [6, 6.07) is 14.2. The first-order valence-electron chi connectivity index (χ1n) is 10.9. The molecule has 4 aromatic rings. The van der Waals surface area contributed by atoms with Crippen LogP contribution < -0.4 is 9.80 Å². The van der Waals surface area contributed by atoms with E-state index in [4.69, 9.17) is 0 Å². The van der Waals surface area contributed by atoms with Gasteiger partial charge < -0.3 is 9.80 Å². The van der Waals surface area contributed by atoms with Crippen LogP contribution >= 0.6 is 0 Å². The summed E-state index contributed by atoms with van der Waals surface area (Å²) in [7, 11) is 0. The number of benzene rings is 2. The van der Waals surface area contributed by atoms with Crippen LogP contribution in [0.2, 0.25) is 0 Å². The monoisotopic (exact) mass is 426 g/mol. The molecule has 7 heteroatoms. The molecule has 7 nitrogen and oxygen atoms in total. The third-order valence-electron chi connectivity index (χ3n) is 6.14. The van der Waals surface area contributed by atoms with Crippen LogP contribution in [-0.4, -0.2) is 51.7 Å². The van der Waals surface area contributed by atoms with Crippen molar-refractivity contribution in [3.8, 4) is 5.69 Å². The van der Waals surface area contributed by atoms with Gasteiger partial charge in [-0.1, -0.05) is 17.7 Å². The Bertz CT molecular complexity index is 1290. The van der Waals surface area contributed by atoms with Crippen molar-refractivity contribution in [2.75, 3.05) is 36.0 Å². The van der Waals surface area contributed by atoms with Gasteiger partial charge in [-0.05, 0) is 56.7 Å². The first-order chi connectivity index (χ1) is 15.5. The zero-order chi connectivity index (χ0) is 22.2. The van der Waals surface area contributed by atoms with Gasteiger partial charge in [0.05, 0.1) is 17.3 Å². The molecular weight excluding hydrogens is 400 g/mol. The number of fused-ring (bicyclic) bond motifs is 1. The Kier molecular flexibility index (Phi) is 5.09. The summed E-state index contributed by atoms with van der Waals surface area (Å²) in [6.45, 7) is 9.27. The van der Waals surface area contributed by atoms with E-state index in [1.54, 1.807) is 13.3 Å². The average molecular weight is 427 g/mol. The fraction of sp³-hybridized carbons (Fsp3) is 0.280. The molecule has 0 bridgehead atoms. The average Bonchev–Trinajstić information content (AvgIpc) is 3.23. The molecule has 2 aromatic heterocycles. The van der Waals surface area contributed by atoms with Crippen LogP contribution in [0.5, 0.6) is 0 Å². The zero-order valence-corrected chi connectivity index (χ0v) is 18.6. The van der Waals surface area contributed by atoms with Gasteiger partial charge in [0, 0.05) is 37.4 Å². The number of carbonyl (C=O) groups excluding carboxylic acids is 1. The van der Waals surface area contributed by atoms with Gasteiger partial charge in [-0.15, -0.1) is 0 Å². The Balaban J connectivity index is 1.38. The number of aryl methyl sites for hydroxylation is 2. The lowest BCUT2D eigenvalue weighted by molar-refractivity contribution is 0.101. The molecule has 0 N–H and O–H groups in total. The number of piperazine rings is 1. The number of hydrogen-bond acceptors (Lipinski definition) is 6. The molecule has 0 atom stereocenters. The lowest BCUT2D eigenvalue weighted by Gasteiger charge is -2.36. The maximum Gasteiger partial charge on any atom is 0.168 e. The Morgan fingerprint density at radius 3 is 2.31 bits per heavy atom. The van der Waals surface area contributed by atoms with Gasteiger partial charge in [0.2, 0.25) is 0 Å². The second-order valence-corrected chi connectivity index (χ2v) is 8.36. The molecule has 32 heavy (non-hydrogen) atoms. The molecule has 0 amide bonds. The maximum absolute atomic E-state index is 11.5. The van der Waals surface area contributed by atoms with Crippen molar-refractivity contribution >= 4 is 28.3 Å². The van der Waals surface area contributed by atoms with Gasteiger partial charge in [-0.3, -0.25) is 4.79 Å². The highest BCUT2D eigenvalue weighted by Crippen LogP contribution is 2.27. The van der Waals surface area contributed by atoms with Gasteiger partial charge in [-0.25, -0.2) is 14.6 Å². The molecular formula is C25H26N6O. The van der Waals surface area contributed by atoms with Crippen molar-refractivity contribution in [1.82, 2.24) is 19.7 Å². The minimum atomic E-state index is 0.0931. The van der Waals surface area contributed by atoms with E-state index in [9.17, 15) is 4.79 Å². The van der Waals surface area contributed by atoms with Crippen LogP contribution in [0, 0.1) is 13.8 Å². The SMILES string of the molecule is CC(=O)c1ccc(N2CCN(c3ncnc4c3cnn4-c3ccc(C)cc3C)CC2)cc1. The van der Waals surface area contributed by atoms with E-state index in [0.29, 0.717) is 0 Å². The van der Waals surface area contributed by atoms with Crippen molar-refractivity contribution in [2.45, 2.75) is 20.8 Å². The first-order valence-corrected chi connectivity index (χ1v) is 10.9. The minimum absolute atomic E-state index is 0.0931. The summed E-state index contributed by atoms with van der Waals surface area (Å²) >= 11 is 0. The van der Waals surface area contributed by atoms with Crippen LogP contribution in [-0.2, 0) is 0 Å². The number of carbonyl (C=O) groups is 1. The molecule has 0 unspecified atom stereocenters. The van der Waals surface area contributed by atoms with Crippen LogP contribution in [0.15, 0.2) is 55.0 Å². The lowest BCUT2D eigenvalue weighted by atomic mass is 10.1. The Hall–Kier alpha value is -3.74. The molecule has 3 heterocycles. The standard InChI is InChI=1S/C25H26N6O/c1-17-4-9-23(18(2)14-17)31-25-22(15-28-31)24(26-16-27-25)30-12-10-29(11-13-30)21-7-5-20(6-8-21)19(3)32/h4-9,14-16H,10-13H2,1-3H3. The predicted octanol–water partition coefficient (Wildman–Crippen LogP) is 3.96. The van der Waals surface area contributed by atoms with Crippen LogP contribution in [0.4, 0.5) is 11.5 Å². The number of rotatable bonds is 4. The number of hydrogen-bond donors (Lipinski definition) is 0. The van der Waals surface area contributed by atoms with Gasteiger partial charge in [0.15, 0.2) is 11.4 Å². The van der Waals surface area contributed by atoms with E-state index < -0.39 is 0 Å². The number of anilines is 2. The second-order valence-electron chi connectivity index (χ2n) is 8.36. The van der Waals surface area contributed by atoms with Crippen molar-refractivity contribution in [3.05, 3.63) is 71.7 Å². The highest BCUT2D eigenvalue weighted by Gasteiger charge is 2.22. The first kappa shape index (κ1) is 20.2. The Morgan fingerprint density at radius 2 is 1.62 bits per heavy atom. The van der Waals surface area contributed by atoms with Crippen molar-refractivity contribution in [1.29, 1.82) is 0 Å². The molecule has 0 radical (unpaired) electrons. The number of aromatic nitrogens is 4. The van der Waals surface area contributed by atoms with Crippen LogP contribution in [0.1, 0.15) is 28.4 Å². The highest BCUT2D eigenvalue weighted by molar-refractivity contribution is 5.94. The van der Waals surface area contributed by atoms with Crippen molar-refractivity contribution in [2.24, 2.45) is 0 Å². The molecule has 1 aliphatic rings. The van der Waals surface area contributed by atoms with Crippen LogP contribution in [0.25, 0.3) is 16.7 Å². The minimum Gasteiger partial charge on any atom is -0.368 e. The largest absolute Gasteiger partial charge is 0.368 e. The van der Waals surface area contributed by atoms with Crippen molar-refractivity contribution in [3.63, 3.8) is 0 Å². The van der Waals surface area contributed by atoms with Crippen molar-refractivity contribution < 1.29 is 4.79 Å². The molecule has 1 aliphatic heterocycles. The molecule has 0 aliphatic carbocycles. The fourth-order valence-electron chi connectivity index (χ4n) is 4.39. The molecule has 2 aromatic carbocycles. The van der Waals surface area contributed by atoms with E-state index in [1.165, 1.54) is 11.1 Å². The van der Waals surface area contributed by atoms with E-state index in [1.807, 2.05) is 35.1 Å². The fourth-order valence-corrected chi connectivity index (χ4v) is 4.39. The highest BCUT2D eigenvalue weighted by atomic mass is 16.1. The molecule has 1 saturated heterocycles. The van der Waals surface area contributed by atoms with Crippen LogP contribution in [0.3, 0.4) is 0 Å². The van der Waals surface area contributed by atoms with Gasteiger partial charge in [0.1, 0.15) is 12.1 Å². The quantitative estimate of drug-likeness (QED) is 0.460.